The highest BCUT2D eigenvalue weighted by atomic mass is 19.3. The lowest BCUT2D eigenvalue weighted by Gasteiger charge is -2.37. The highest BCUT2D eigenvalue weighted by Gasteiger charge is 2.29. The number of nitrogens with zero attached hydrogens (tertiary/aromatic N) is 2. The van der Waals surface area contributed by atoms with Crippen LogP contribution >= 0.6 is 0 Å². The van der Waals surface area contributed by atoms with E-state index in [1.807, 2.05) is 38.1 Å². The van der Waals surface area contributed by atoms with E-state index in [0.717, 1.165) is 65.2 Å². The Labute approximate surface area is 218 Å². The van der Waals surface area contributed by atoms with Crippen LogP contribution in [0, 0.1) is 25.6 Å². The van der Waals surface area contributed by atoms with Gasteiger partial charge in [0.25, 0.3) is 0 Å². The van der Waals surface area contributed by atoms with E-state index >= 15 is 0 Å². The van der Waals surface area contributed by atoms with Gasteiger partial charge in [-0.15, -0.1) is 0 Å². The molecule has 0 N–H and O–H groups in total. The fourth-order valence-electron chi connectivity index (χ4n) is 5.36. The van der Waals surface area contributed by atoms with Crippen molar-refractivity contribution in [2.45, 2.75) is 46.7 Å². The second kappa shape index (κ2) is 11.8. The number of rotatable bonds is 8. The normalized spacial score (nSPS) is 15.3. The first kappa shape index (κ1) is 26.7. The van der Waals surface area contributed by atoms with Crippen LogP contribution in [0.4, 0.5) is 18.9 Å². The second-order valence-electron chi connectivity index (χ2n) is 9.84. The summed E-state index contributed by atoms with van der Waals surface area (Å²) in [6.07, 6.45) is 3.62. The standard InChI is InChI=1S/C32H35F3N2/c1-5-29(27-10-8-11-28(33)20-27)30-14-13-25(19-23(30)3)21-36-17-15-26(16-18-36)24(4)37(32(34)35)31-12-7-6-9-22(31)2/h5-14,19-20,26,32H,4,15-18,21H2,1-3H3/b29-5-. The van der Waals surface area contributed by atoms with Gasteiger partial charge in [0.15, 0.2) is 0 Å². The summed E-state index contributed by atoms with van der Waals surface area (Å²) in [6, 6.07) is 20.4. The van der Waals surface area contributed by atoms with Gasteiger partial charge in [0.1, 0.15) is 5.82 Å². The van der Waals surface area contributed by atoms with Crippen molar-refractivity contribution < 1.29 is 13.2 Å². The van der Waals surface area contributed by atoms with Gasteiger partial charge in [-0.1, -0.05) is 61.2 Å². The first-order chi connectivity index (χ1) is 17.8. The van der Waals surface area contributed by atoms with Crippen molar-refractivity contribution in [2.24, 2.45) is 5.92 Å². The van der Waals surface area contributed by atoms with Gasteiger partial charge in [0.05, 0.1) is 0 Å². The van der Waals surface area contributed by atoms with Crippen molar-refractivity contribution in [3.05, 3.63) is 119 Å². The average Bonchev–Trinajstić information content (AvgIpc) is 2.87. The Morgan fingerprint density at radius 3 is 2.35 bits per heavy atom. The summed E-state index contributed by atoms with van der Waals surface area (Å²) in [5.74, 6) is -0.217. The fourth-order valence-corrected chi connectivity index (χ4v) is 5.36. The lowest BCUT2D eigenvalue weighted by molar-refractivity contribution is 0.139. The van der Waals surface area contributed by atoms with Crippen LogP contribution in [0.1, 0.15) is 47.6 Å². The molecule has 37 heavy (non-hydrogen) atoms. The van der Waals surface area contributed by atoms with Gasteiger partial charge in [-0.05, 0) is 98.3 Å². The zero-order valence-electron chi connectivity index (χ0n) is 21.9. The summed E-state index contributed by atoms with van der Waals surface area (Å²) in [5.41, 5.74) is 7.17. The second-order valence-corrected chi connectivity index (χ2v) is 9.84. The molecule has 5 heteroatoms. The fraction of sp³-hybridized carbons (Fsp3) is 0.312. The molecule has 1 aliphatic rings. The number of alkyl halides is 2. The van der Waals surface area contributed by atoms with E-state index in [1.54, 1.807) is 24.3 Å². The number of aryl methyl sites for hydroxylation is 2. The molecule has 2 nitrogen and oxygen atoms in total. The molecule has 4 rings (SSSR count). The van der Waals surface area contributed by atoms with E-state index in [1.165, 1.54) is 11.6 Å². The third kappa shape index (κ3) is 6.16. The Kier molecular flexibility index (Phi) is 8.55. The van der Waals surface area contributed by atoms with Gasteiger partial charge < -0.3 is 0 Å². The van der Waals surface area contributed by atoms with Crippen molar-refractivity contribution in [3.63, 3.8) is 0 Å². The summed E-state index contributed by atoms with van der Waals surface area (Å²) in [4.78, 5) is 3.48. The van der Waals surface area contributed by atoms with Crippen LogP contribution in [0.25, 0.3) is 5.57 Å². The monoisotopic (exact) mass is 504 g/mol. The van der Waals surface area contributed by atoms with Crippen LogP contribution in [0.5, 0.6) is 0 Å². The van der Waals surface area contributed by atoms with E-state index in [9.17, 15) is 13.2 Å². The van der Waals surface area contributed by atoms with Crippen molar-refractivity contribution in [1.29, 1.82) is 0 Å². The van der Waals surface area contributed by atoms with E-state index < -0.39 is 6.55 Å². The highest BCUT2D eigenvalue weighted by molar-refractivity contribution is 5.81. The Hall–Kier alpha value is -3.31. The molecule has 0 atom stereocenters. The van der Waals surface area contributed by atoms with Crippen LogP contribution < -0.4 is 4.90 Å². The molecule has 1 aliphatic heterocycles. The molecule has 3 aromatic rings. The molecule has 0 saturated carbocycles. The summed E-state index contributed by atoms with van der Waals surface area (Å²) in [6.45, 7) is 9.86. The summed E-state index contributed by atoms with van der Waals surface area (Å²) in [7, 11) is 0. The maximum absolute atomic E-state index is 14.0. The molecule has 1 saturated heterocycles. The Balaban J connectivity index is 1.40. The molecule has 1 fully saturated rings. The molecule has 0 aromatic heterocycles. The zero-order valence-corrected chi connectivity index (χ0v) is 21.9. The van der Waals surface area contributed by atoms with Crippen LogP contribution in [0.2, 0.25) is 0 Å². The lowest BCUT2D eigenvalue weighted by atomic mass is 9.91. The van der Waals surface area contributed by atoms with Crippen molar-refractivity contribution in [3.8, 4) is 0 Å². The van der Waals surface area contributed by atoms with Crippen molar-refractivity contribution >= 4 is 11.3 Å². The van der Waals surface area contributed by atoms with Gasteiger partial charge in [-0.25, -0.2) is 4.39 Å². The molecule has 0 amide bonds. The van der Waals surface area contributed by atoms with E-state index in [0.29, 0.717) is 11.4 Å². The predicted molar refractivity (Wildman–Crippen MR) is 147 cm³/mol. The number of anilines is 1. The van der Waals surface area contributed by atoms with Gasteiger partial charge in [-0.2, -0.15) is 8.78 Å². The summed E-state index contributed by atoms with van der Waals surface area (Å²) >= 11 is 0. The van der Waals surface area contributed by atoms with E-state index in [2.05, 4.69) is 36.6 Å². The quantitative estimate of drug-likeness (QED) is 0.285. The van der Waals surface area contributed by atoms with E-state index in [-0.39, 0.29) is 11.7 Å². The third-order valence-electron chi connectivity index (χ3n) is 7.35. The molecule has 0 radical (unpaired) electrons. The maximum atomic E-state index is 14.0. The molecule has 0 unspecified atom stereocenters. The van der Waals surface area contributed by atoms with Crippen LogP contribution in [-0.2, 0) is 6.54 Å². The Morgan fingerprint density at radius 1 is 1.00 bits per heavy atom. The van der Waals surface area contributed by atoms with Crippen molar-refractivity contribution in [1.82, 2.24) is 4.90 Å². The van der Waals surface area contributed by atoms with Gasteiger partial charge in [0, 0.05) is 23.8 Å². The van der Waals surface area contributed by atoms with Gasteiger partial charge >= 0.3 is 6.55 Å². The van der Waals surface area contributed by atoms with Crippen LogP contribution in [0.15, 0.2) is 85.1 Å². The molecule has 3 aromatic carbocycles. The summed E-state index contributed by atoms with van der Waals surface area (Å²) in [5, 5.41) is 0. The molecule has 0 spiro atoms. The molecular weight excluding hydrogens is 469 g/mol. The zero-order chi connectivity index (χ0) is 26.5. The number of piperidine rings is 1. The molecular formula is C32H35F3N2. The number of para-hydroxylation sites is 1. The first-order valence-corrected chi connectivity index (χ1v) is 12.8. The molecule has 1 heterocycles. The summed E-state index contributed by atoms with van der Waals surface area (Å²) < 4.78 is 41.9. The highest BCUT2D eigenvalue weighted by Crippen LogP contribution is 2.34. The first-order valence-electron chi connectivity index (χ1n) is 12.8. The molecule has 0 aliphatic carbocycles. The van der Waals surface area contributed by atoms with Crippen LogP contribution in [0.3, 0.4) is 0 Å². The largest absolute Gasteiger partial charge is 0.319 e. The van der Waals surface area contributed by atoms with E-state index in [4.69, 9.17) is 0 Å². The predicted octanol–water partition coefficient (Wildman–Crippen LogP) is 8.35. The number of halogens is 3. The number of benzene rings is 3. The van der Waals surface area contributed by atoms with Crippen molar-refractivity contribution in [2.75, 3.05) is 18.0 Å². The minimum Gasteiger partial charge on any atom is -0.299 e. The molecule has 194 valence electrons. The average molecular weight is 505 g/mol. The third-order valence-corrected chi connectivity index (χ3v) is 7.35. The smallest absolute Gasteiger partial charge is 0.299 e. The lowest BCUT2D eigenvalue weighted by Crippen LogP contribution is -2.38. The number of likely N-dealkylation sites (tertiary alicyclic amines) is 1. The maximum Gasteiger partial charge on any atom is 0.319 e. The molecule has 0 bridgehead atoms. The minimum absolute atomic E-state index is 0.0254. The van der Waals surface area contributed by atoms with Gasteiger partial charge in [-0.3, -0.25) is 9.80 Å². The number of hydrogen-bond acceptors (Lipinski definition) is 2. The number of hydrogen-bond donors (Lipinski definition) is 0. The Bertz CT molecular complexity index is 1270. The minimum atomic E-state index is -2.62. The van der Waals surface area contributed by atoms with Crippen LogP contribution in [-0.4, -0.2) is 24.5 Å². The number of allylic oxidation sites excluding steroid dienone is 2. The SMILES string of the molecule is C=C(C1CCN(Cc2ccc(/C(=C\C)c3cccc(F)c3)c(C)c2)CC1)N(c1ccccc1C)C(F)F. The Morgan fingerprint density at radius 2 is 1.73 bits per heavy atom. The van der Waals surface area contributed by atoms with Gasteiger partial charge in [0.2, 0.25) is 0 Å². The topological polar surface area (TPSA) is 6.48 Å².